The van der Waals surface area contributed by atoms with Gasteiger partial charge in [0.2, 0.25) is 0 Å². The van der Waals surface area contributed by atoms with E-state index in [1.807, 2.05) is 32.1 Å². The Morgan fingerprint density at radius 2 is 2.11 bits per heavy atom. The number of hydrogen-bond donors (Lipinski definition) is 0. The molecule has 0 fully saturated rings. The zero-order valence-corrected chi connectivity index (χ0v) is 6.57. The molecule has 0 aromatic carbocycles. The molecule has 0 amide bonds. The van der Waals surface area contributed by atoms with Crippen LogP contribution in [0, 0.1) is 0 Å². The van der Waals surface area contributed by atoms with Gasteiger partial charge >= 0.3 is 0 Å². The van der Waals surface area contributed by atoms with Crippen LogP contribution >= 0.6 is 11.6 Å². The third-order valence-corrected chi connectivity index (χ3v) is 0.945. The van der Waals surface area contributed by atoms with Gasteiger partial charge in [0, 0.05) is 5.03 Å². The van der Waals surface area contributed by atoms with Crippen LogP contribution in [0.1, 0.15) is 13.8 Å². The van der Waals surface area contributed by atoms with Gasteiger partial charge in [-0.1, -0.05) is 29.8 Å². The van der Waals surface area contributed by atoms with Crippen LogP contribution in [0.2, 0.25) is 0 Å². The van der Waals surface area contributed by atoms with E-state index in [2.05, 4.69) is 6.58 Å². The van der Waals surface area contributed by atoms with Crippen molar-refractivity contribution in [2.45, 2.75) is 13.8 Å². The first kappa shape index (κ1) is 8.51. The largest absolute Gasteiger partial charge is 0.0961 e. The number of rotatable bonds is 2. The van der Waals surface area contributed by atoms with Crippen LogP contribution in [-0.4, -0.2) is 0 Å². The second kappa shape index (κ2) is 4.39. The van der Waals surface area contributed by atoms with Crippen molar-refractivity contribution < 1.29 is 0 Å². The maximum absolute atomic E-state index is 5.69. The van der Waals surface area contributed by atoms with Crippen LogP contribution in [0.4, 0.5) is 0 Å². The Kier molecular flexibility index (Phi) is 4.16. The highest BCUT2D eigenvalue weighted by molar-refractivity contribution is 6.31. The van der Waals surface area contributed by atoms with Crippen molar-refractivity contribution in [3.05, 3.63) is 35.4 Å². The minimum Gasteiger partial charge on any atom is -0.0961 e. The summed E-state index contributed by atoms with van der Waals surface area (Å²) in [6.45, 7) is 7.52. The van der Waals surface area contributed by atoms with Gasteiger partial charge in [0.15, 0.2) is 0 Å². The average Bonchev–Trinajstić information content (AvgIpc) is 1.63. The normalized spacial score (nSPS) is 12.6. The predicted octanol–water partition coefficient (Wildman–Crippen LogP) is 3.26. The highest BCUT2D eigenvalue weighted by Gasteiger charge is 1.81. The van der Waals surface area contributed by atoms with Crippen LogP contribution in [-0.2, 0) is 0 Å². The summed E-state index contributed by atoms with van der Waals surface area (Å²) in [5, 5.41) is 0.727. The Hall–Kier alpha value is -0.490. The van der Waals surface area contributed by atoms with Gasteiger partial charge in [-0.25, -0.2) is 0 Å². The highest BCUT2D eigenvalue weighted by atomic mass is 35.5. The first-order valence-corrected chi connectivity index (χ1v) is 3.20. The summed E-state index contributed by atoms with van der Waals surface area (Å²) in [6.07, 6.45) is 5.54. The quantitative estimate of drug-likeness (QED) is 0.520. The van der Waals surface area contributed by atoms with Crippen molar-refractivity contribution in [1.29, 1.82) is 0 Å². The lowest BCUT2D eigenvalue weighted by atomic mass is 10.3. The lowest BCUT2D eigenvalue weighted by Gasteiger charge is -1.86. The molecule has 0 saturated heterocycles. The van der Waals surface area contributed by atoms with Crippen LogP contribution in [0.15, 0.2) is 35.4 Å². The molecule has 0 aliphatic heterocycles. The van der Waals surface area contributed by atoms with Gasteiger partial charge in [-0.2, -0.15) is 0 Å². The fraction of sp³-hybridized carbons (Fsp3) is 0.250. The summed E-state index contributed by atoms with van der Waals surface area (Å²) in [7, 11) is 0. The molecule has 50 valence electrons. The summed E-state index contributed by atoms with van der Waals surface area (Å²) >= 11 is 5.69. The minimum atomic E-state index is 0.727. The molecule has 0 atom stereocenters. The molecule has 0 N–H and O–H groups in total. The van der Waals surface area contributed by atoms with E-state index in [1.165, 1.54) is 0 Å². The zero-order chi connectivity index (χ0) is 7.28. The third kappa shape index (κ3) is 5.38. The molecule has 0 aromatic heterocycles. The maximum atomic E-state index is 5.69. The van der Waals surface area contributed by atoms with E-state index in [0.29, 0.717) is 0 Å². The van der Waals surface area contributed by atoms with Gasteiger partial charge in [0.25, 0.3) is 0 Å². The maximum Gasteiger partial charge on any atom is 0.0405 e. The molecule has 0 unspecified atom stereocenters. The Labute approximate surface area is 61.5 Å². The highest BCUT2D eigenvalue weighted by Crippen LogP contribution is 2.05. The molecule has 0 aromatic rings. The first-order chi connectivity index (χ1) is 4.16. The number of allylic oxidation sites excluding steroid dienone is 5. The molecular weight excluding hydrogens is 132 g/mol. The van der Waals surface area contributed by atoms with Gasteiger partial charge in [0.05, 0.1) is 0 Å². The molecule has 0 heterocycles. The Bertz CT molecular complexity index is 152. The fourth-order valence-corrected chi connectivity index (χ4v) is 0.755. The summed E-state index contributed by atoms with van der Waals surface area (Å²) < 4.78 is 0. The molecule has 1 heteroatoms. The molecular formula is C8H11Cl. The van der Waals surface area contributed by atoms with E-state index in [0.717, 1.165) is 10.6 Å². The summed E-state index contributed by atoms with van der Waals surface area (Å²) in [6, 6.07) is 0. The van der Waals surface area contributed by atoms with Crippen LogP contribution in [0.5, 0.6) is 0 Å². The van der Waals surface area contributed by atoms with Crippen molar-refractivity contribution in [2.24, 2.45) is 0 Å². The first-order valence-electron chi connectivity index (χ1n) is 2.82. The van der Waals surface area contributed by atoms with Crippen molar-refractivity contribution >= 4 is 11.6 Å². The van der Waals surface area contributed by atoms with E-state index >= 15 is 0 Å². The average molecular weight is 143 g/mol. The summed E-state index contributed by atoms with van der Waals surface area (Å²) in [5.41, 5.74) is 0.970. The van der Waals surface area contributed by atoms with Gasteiger partial charge in [-0.15, -0.1) is 0 Å². The Morgan fingerprint density at radius 3 is 2.44 bits per heavy atom. The number of hydrogen-bond acceptors (Lipinski definition) is 0. The second-order valence-electron chi connectivity index (χ2n) is 1.88. The molecule has 0 aliphatic rings. The molecule has 0 rings (SSSR count). The van der Waals surface area contributed by atoms with Crippen molar-refractivity contribution in [2.75, 3.05) is 0 Å². The Balaban J connectivity index is 4.00. The van der Waals surface area contributed by atoms with Crippen LogP contribution < -0.4 is 0 Å². The topological polar surface area (TPSA) is 0 Å². The van der Waals surface area contributed by atoms with Crippen LogP contribution in [0.3, 0.4) is 0 Å². The van der Waals surface area contributed by atoms with Gasteiger partial charge in [-0.05, 0) is 26.0 Å². The van der Waals surface area contributed by atoms with E-state index in [4.69, 9.17) is 11.6 Å². The Morgan fingerprint density at radius 1 is 1.56 bits per heavy atom. The molecule has 0 radical (unpaired) electrons. The molecule has 0 nitrogen and oxygen atoms in total. The monoisotopic (exact) mass is 142 g/mol. The van der Waals surface area contributed by atoms with Crippen LogP contribution in [0.25, 0.3) is 0 Å². The predicted molar refractivity (Wildman–Crippen MR) is 43.6 cm³/mol. The minimum absolute atomic E-state index is 0.727. The third-order valence-electron chi connectivity index (χ3n) is 0.710. The van der Waals surface area contributed by atoms with Gasteiger partial charge in [0.1, 0.15) is 0 Å². The molecule has 0 saturated carbocycles. The van der Waals surface area contributed by atoms with Gasteiger partial charge < -0.3 is 0 Å². The van der Waals surface area contributed by atoms with Crippen molar-refractivity contribution in [3.8, 4) is 0 Å². The van der Waals surface area contributed by atoms with E-state index < -0.39 is 0 Å². The second-order valence-corrected chi connectivity index (χ2v) is 2.31. The van der Waals surface area contributed by atoms with E-state index in [1.54, 1.807) is 0 Å². The van der Waals surface area contributed by atoms with E-state index in [-0.39, 0.29) is 0 Å². The lowest BCUT2D eigenvalue weighted by Crippen LogP contribution is -1.64. The summed E-state index contributed by atoms with van der Waals surface area (Å²) in [5.74, 6) is 0. The zero-order valence-electron chi connectivity index (χ0n) is 5.82. The van der Waals surface area contributed by atoms with E-state index in [9.17, 15) is 0 Å². The molecule has 0 aliphatic carbocycles. The molecule has 9 heavy (non-hydrogen) atoms. The molecule has 0 spiro atoms. The lowest BCUT2D eigenvalue weighted by molar-refractivity contribution is 1.55. The summed E-state index contributed by atoms with van der Waals surface area (Å²) in [4.78, 5) is 0. The smallest absolute Gasteiger partial charge is 0.0405 e. The standard InChI is InChI=1S/C8H11Cl/c1-4-5-8(9)6-7(2)3/h4-6H,2H2,1,3H3/b5-4-,8-6+. The van der Waals surface area contributed by atoms with Crippen molar-refractivity contribution in [3.63, 3.8) is 0 Å². The molecule has 0 bridgehead atoms. The SMILES string of the molecule is C=C(C)/C=C(Cl)\C=C/C. The number of halogens is 1. The van der Waals surface area contributed by atoms with Gasteiger partial charge in [-0.3, -0.25) is 0 Å². The fourth-order valence-electron chi connectivity index (χ4n) is 0.443. The van der Waals surface area contributed by atoms with Crippen molar-refractivity contribution in [1.82, 2.24) is 0 Å².